The number of para-hydroxylation sites is 1. The lowest BCUT2D eigenvalue weighted by Crippen LogP contribution is -2.36. The molecule has 0 N–H and O–H groups in total. The minimum Gasteiger partial charge on any atom is -0.337 e. The summed E-state index contributed by atoms with van der Waals surface area (Å²) in [7, 11) is 0. The van der Waals surface area contributed by atoms with E-state index in [9.17, 15) is 9.59 Å². The van der Waals surface area contributed by atoms with Crippen LogP contribution in [0.15, 0.2) is 39.9 Å². The first-order valence-corrected chi connectivity index (χ1v) is 8.17. The van der Waals surface area contributed by atoms with Crippen LogP contribution >= 0.6 is 0 Å². The van der Waals surface area contributed by atoms with Crippen molar-refractivity contribution in [3.05, 3.63) is 52.7 Å². The van der Waals surface area contributed by atoms with Crippen molar-refractivity contribution in [3.63, 3.8) is 0 Å². The Morgan fingerprint density at radius 2 is 2.20 bits per heavy atom. The Bertz CT molecular complexity index is 993. The van der Waals surface area contributed by atoms with E-state index in [-0.39, 0.29) is 24.1 Å². The van der Waals surface area contributed by atoms with E-state index >= 15 is 0 Å². The molecule has 8 heteroatoms. The number of aryl methyl sites for hydroxylation is 1. The topological polar surface area (TPSA) is 94.1 Å². The lowest BCUT2D eigenvalue weighted by Gasteiger charge is -2.22. The molecule has 1 aliphatic rings. The number of benzene rings is 1. The van der Waals surface area contributed by atoms with Gasteiger partial charge in [0.2, 0.25) is 11.8 Å². The van der Waals surface area contributed by atoms with Crippen LogP contribution < -0.4 is 5.56 Å². The molecule has 1 fully saturated rings. The summed E-state index contributed by atoms with van der Waals surface area (Å²) in [6, 6.07) is 6.87. The predicted molar refractivity (Wildman–Crippen MR) is 88.7 cm³/mol. The van der Waals surface area contributed by atoms with Gasteiger partial charge in [0.25, 0.3) is 5.56 Å². The fraction of sp³-hybridized carbons (Fsp3) is 0.353. The van der Waals surface area contributed by atoms with E-state index in [2.05, 4.69) is 15.1 Å². The number of aromatic nitrogens is 4. The fourth-order valence-corrected chi connectivity index (χ4v) is 3.23. The van der Waals surface area contributed by atoms with Crippen LogP contribution in [0.25, 0.3) is 10.9 Å². The molecule has 1 unspecified atom stereocenters. The van der Waals surface area contributed by atoms with Crippen molar-refractivity contribution in [3.8, 4) is 0 Å². The van der Waals surface area contributed by atoms with Crippen molar-refractivity contribution >= 4 is 16.8 Å². The second-order valence-corrected chi connectivity index (χ2v) is 6.12. The minimum absolute atomic E-state index is 0.0553. The molecule has 128 valence electrons. The predicted octanol–water partition coefficient (Wildman–Crippen LogP) is 1.45. The minimum atomic E-state index is -0.224. The molecule has 1 atom stereocenters. The van der Waals surface area contributed by atoms with Crippen molar-refractivity contribution in [1.29, 1.82) is 0 Å². The first kappa shape index (κ1) is 15.5. The molecule has 3 aromatic rings. The van der Waals surface area contributed by atoms with Gasteiger partial charge < -0.3 is 9.42 Å². The third-order valence-electron chi connectivity index (χ3n) is 4.44. The summed E-state index contributed by atoms with van der Waals surface area (Å²) in [6.07, 6.45) is 3.06. The maximum Gasteiger partial charge on any atom is 0.261 e. The SMILES string of the molecule is Cc1noc(C2CCCN2C(=O)Cn2cnc3ccccc3c2=O)n1. The van der Waals surface area contributed by atoms with E-state index < -0.39 is 0 Å². The largest absolute Gasteiger partial charge is 0.337 e. The van der Waals surface area contributed by atoms with Crippen LogP contribution in [0.3, 0.4) is 0 Å². The zero-order valence-electron chi connectivity index (χ0n) is 13.8. The quantitative estimate of drug-likeness (QED) is 0.717. The molecule has 1 saturated heterocycles. The molecular formula is C17H17N5O3. The van der Waals surface area contributed by atoms with Crippen LogP contribution in [0.4, 0.5) is 0 Å². The van der Waals surface area contributed by atoms with Crippen molar-refractivity contribution in [2.75, 3.05) is 6.54 Å². The highest BCUT2D eigenvalue weighted by Crippen LogP contribution is 2.30. The van der Waals surface area contributed by atoms with Crippen LogP contribution in [0.5, 0.6) is 0 Å². The number of nitrogens with zero attached hydrogens (tertiary/aromatic N) is 5. The monoisotopic (exact) mass is 339 g/mol. The average molecular weight is 339 g/mol. The Kier molecular flexibility index (Phi) is 3.79. The maximum atomic E-state index is 12.7. The molecule has 0 spiro atoms. The third kappa shape index (κ3) is 2.79. The van der Waals surface area contributed by atoms with E-state index in [1.807, 2.05) is 6.07 Å². The molecular weight excluding hydrogens is 322 g/mol. The number of hydrogen-bond donors (Lipinski definition) is 0. The molecule has 1 aliphatic heterocycles. The lowest BCUT2D eigenvalue weighted by atomic mass is 10.2. The van der Waals surface area contributed by atoms with E-state index in [0.717, 1.165) is 12.8 Å². The summed E-state index contributed by atoms with van der Waals surface area (Å²) in [4.78, 5) is 35.5. The standard InChI is InChI=1S/C17H17N5O3/c1-11-19-16(25-20-11)14-7-4-8-22(14)15(23)9-21-10-18-13-6-3-2-5-12(13)17(21)24/h2-3,5-6,10,14H,4,7-9H2,1H3. The Balaban J connectivity index is 1.59. The molecule has 0 bridgehead atoms. The number of carbonyl (C=O) groups excluding carboxylic acids is 1. The number of carbonyl (C=O) groups is 1. The Morgan fingerprint density at radius 3 is 3.00 bits per heavy atom. The second-order valence-electron chi connectivity index (χ2n) is 6.12. The zero-order chi connectivity index (χ0) is 17.4. The van der Waals surface area contributed by atoms with Gasteiger partial charge in [0.15, 0.2) is 5.82 Å². The smallest absolute Gasteiger partial charge is 0.261 e. The normalized spacial score (nSPS) is 17.3. The average Bonchev–Trinajstić information content (AvgIpc) is 3.26. The molecule has 25 heavy (non-hydrogen) atoms. The summed E-state index contributed by atoms with van der Waals surface area (Å²) in [6.45, 7) is 2.30. The molecule has 2 aromatic heterocycles. The maximum absolute atomic E-state index is 12.7. The van der Waals surface area contributed by atoms with Crippen molar-refractivity contribution in [1.82, 2.24) is 24.6 Å². The molecule has 4 rings (SSSR count). The van der Waals surface area contributed by atoms with Crippen LogP contribution in [0.2, 0.25) is 0 Å². The summed E-state index contributed by atoms with van der Waals surface area (Å²) in [5.41, 5.74) is 0.403. The molecule has 0 radical (unpaired) electrons. The molecule has 0 aliphatic carbocycles. The van der Waals surface area contributed by atoms with Gasteiger partial charge in [-0.25, -0.2) is 4.98 Å². The van der Waals surface area contributed by atoms with Crippen LogP contribution in [0.1, 0.15) is 30.6 Å². The summed E-state index contributed by atoms with van der Waals surface area (Å²) < 4.78 is 6.57. The second kappa shape index (κ2) is 6.12. The van der Waals surface area contributed by atoms with Crippen molar-refractivity contribution in [2.45, 2.75) is 32.4 Å². The first-order valence-electron chi connectivity index (χ1n) is 8.17. The van der Waals surface area contributed by atoms with Gasteiger partial charge in [-0.3, -0.25) is 14.2 Å². The van der Waals surface area contributed by atoms with Crippen LogP contribution in [-0.2, 0) is 11.3 Å². The Labute approximate surface area is 143 Å². The van der Waals surface area contributed by atoms with E-state index in [0.29, 0.717) is 29.2 Å². The number of amides is 1. The van der Waals surface area contributed by atoms with Crippen molar-refractivity contribution < 1.29 is 9.32 Å². The molecule has 3 heterocycles. The number of likely N-dealkylation sites (tertiary alicyclic amines) is 1. The molecule has 8 nitrogen and oxygen atoms in total. The van der Waals surface area contributed by atoms with Gasteiger partial charge >= 0.3 is 0 Å². The van der Waals surface area contributed by atoms with Gasteiger partial charge in [0.05, 0.1) is 17.2 Å². The van der Waals surface area contributed by atoms with E-state index in [4.69, 9.17) is 4.52 Å². The van der Waals surface area contributed by atoms with Crippen LogP contribution in [-0.4, -0.2) is 37.0 Å². The zero-order valence-corrected chi connectivity index (χ0v) is 13.8. The third-order valence-corrected chi connectivity index (χ3v) is 4.44. The van der Waals surface area contributed by atoms with E-state index in [1.54, 1.807) is 30.0 Å². The summed E-state index contributed by atoms with van der Waals surface area (Å²) in [5, 5.41) is 4.30. The lowest BCUT2D eigenvalue weighted by molar-refractivity contribution is -0.133. The Morgan fingerprint density at radius 1 is 1.36 bits per heavy atom. The molecule has 1 amide bonds. The van der Waals surface area contributed by atoms with Gasteiger partial charge in [-0.1, -0.05) is 17.3 Å². The van der Waals surface area contributed by atoms with Gasteiger partial charge in [-0.15, -0.1) is 0 Å². The molecule has 1 aromatic carbocycles. The van der Waals surface area contributed by atoms with Crippen molar-refractivity contribution in [2.24, 2.45) is 0 Å². The number of rotatable bonds is 3. The van der Waals surface area contributed by atoms with Gasteiger partial charge in [0, 0.05) is 6.54 Å². The van der Waals surface area contributed by atoms with Gasteiger partial charge in [-0.2, -0.15) is 4.98 Å². The highest BCUT2D eigenvalue weighted by molar-refractivity contribution is 5.79. The van der Waals surface area contributed by atoms with Gasteiger partial charge in [0.1, 0.15) is 12.6 Å². The van der Waals surface area contributed by atoms with E-state index in [1.165, 1.54) is 10.9 Å². The first-order chi connectivity index (χ1) is 12.1. The fourth-order valence-electron chi connectivity index (χ4n) is 3.23. The highest BCUT2D eigenvalue weighted by Gasteiger charge is 2.33. The van der Waals surface area contributed by atoms with Gasteiger partial charge in [-0.05, 0) is 31.9 Å². The highest BCUT2D eigenvalue weighted by atomic mass is 16.5. The molecule has 0 saturated carbocycles. The van der Waals surface area contributed by atoms with Crippen LogP contribution in [0, 0.1) is 6.92 Å². The Hall–Kier alpha value is -3.03. The number of fused-ring (bicyclic) bond motifs is 1. The number of hydrogen-bond acceptors (Lipinski definition) is 6. The summed E-state index contributed by atoms with van der Waals surface area (Å²) >= 11 is 0. The summed E-state index contributed by atoms with van der Waals surface area (Å²) in [5.74, 6) is 0.842.